The van der Waals surface area contributed by atoms with Gasteiger partial charge < -0.3 is 4.74 Å². The fourth-order valence-electron chi connectivity index (χ4n) is 2.33. The van der Waals surface area contributed by atoms with Gasteiger partial charge in [0, 0.05) is 4.47 Å². The van der Waals surface area contributed by atoms with Crippen LogP contribution in [0.1, 0.15) is 57.9 Å². The zero-order valence-electron chi connectivity index (χ0n) is 14.3. The molecule has 0 saturated carbocycles. The van der Waals surface area contributed by atoms with Crippen molar-refractivity contribution in [1.29, 1.82) is 0 Å². The molecule has 0 saturated heterocycles. The molecule has 136 valence electrons. The van der Waals surface area contributed by atoms with Gasteiger partial charge >= 0.3 is 5.97 Å². The van der Waals surface area contributed by atoms with Crippen LogP contribution < -0.4 is 0 Å². The van der Waals surface area contributed by atoms with Gasteiger partial charge in [-0.2, -0.15) is 0 Å². The summed E-state index contributed by atoms with van der Waals surface area (Å²) in [5.74, 6) is -0.421. The van der Waals surface area contributed by atoms with Crippen molar-refractivity contribution < 1.29 is 9.53 Å². The van der Waals surface area contributed by atoms with E-state index < -0.39 is 2.14 Å². The predicted molar refractivity (Wildman–Crippen MR) is 115 cm³/mol. The molecule has 1 aromatic carbocycles. The predicted octanol–water partition coefficient (Wildman–Crippen LogP) is 7.52. The molecule has 0 amide bonds. The highest BCUT2D eigenvalue weighted by Gasteiger charge is 2.27. The molecular formula is C18H24Br4O2. The zero-order chi connectivity index (χ0) is 18.4. The summed E-state index contributed by atoms with van der Waals surface area (Å²) in [6, 6.07) is 7.92. The summed E-state index contributed by atoms with van der Waals surface area (Å²) in [6.07, 6.45) is 4.03. The number of rotatable bonds is 8. The van der Waals surface area contributed by atoms with Crippen molar-refractivity contribution in [2.45, 2.75) is 54.5 Å². The standard InChI is InChI=1S/C18H24Br4O2/c1-4-17(2,3)11-5-6-15(13-7-9-14(19)10-8-13)16(23)24-12-18(20,21)22/h7-10,15H,4-6,11-12H2,1-3H3/t15-/m0/s1. The topological polar surface area (TPSA) is 26.3 Å². The molecule has 0 aliphatic heterocycles. The summed E-state index contributed by atoms with van der Waals surface area (Å²) in [7, 11) is 0. The van der Waals surface area contributed by atoms with Crippen LogP contribution in [-0.2, 0) is 9.53 Å². The molecule has 0 bridgehead atoms. The van der Waals surface area contributed by atoms with Gasteiger partial charge in [0.1, 0.15) is 6.61 Å². The molecule has 1 aromatic rings. The van der Waals surface area contributed by atoms with Crippen LogP contribution in [0, 0.1) is 5.41 Å². The van der Waals surface area contributed by atoms with Gasteiger partial charge in [0.05, 0.1) is 5.92 Å². The summed E-state index contributed by atoms with van der Waals surface area (Å²) in [5.41, 5.74) is 1.31. The quantitative estimate of drug-likeness (QED) is 0.231. The highest BCUT2D eigenvalue weighted by Crippen LogP contribution is 2.35. The summed E-state index contributed by atoms with van der Waals surface area (Å²) in [6.45, 7) is 6.96. The lowest BCUT2D eigenvalue weighted by Crippen LogP contribution is -2.22. The molecule has 6 heteroatoms. The van der Waals surface area contributed by atoms with Gasteiger partial charge in [-0.15, -0.1) is 0 Å². The first-order valence-electron chi connectivity index (χ1n) is 8.03. The summed E-state index contributed by atoms with van der Waals surface area (Å²) in [5, 5.41) is 0. The zero-order valence-corrected chi connectivity index (χ0v) is 20.6. The van der Waals surface area contributed by atoms with Crippen molar-refractivity contribution >= 4 is 69.7 Å². The fourth-order valence-corrected chi connectivity index (χ4v) is 2.94. The average Bonchev–Trinajstić information content (AvgIpc) is 2.50. The van der Waals surface area contributed by atoms with Gasteiger partial charge in [-0.25, -0.2) is 0 Å². The largest absolute Gasteiger partial charge is 0.462 e. The average molecular weight is 592 g/mol. The molecule has 0 heterocycles. The first-order chi connectivity index (χ1) is 11.0. The maximum atomic E-state index is 12.6. The Morgan fingerprint density at radius 2 is 1.75 bits per heavy atom. The molecule has 0 aliphatic rings. The van der Waals surface area contributed by atoms with Crippen molar-refractivity contribution in [2.75, 3.05) is 6.61 Å². The van der Waals surface area contributed by atoms with Crippen LogP contribution in [0.5, 0.6) is 0 Å². The maximum Gasteiger partial charge on any atom is 0.313 e. The molecular weight excluding hydrogens is 568 g/mol. The monoisotopic (exact) mass is 588 g/mol. The Labute approximate surface area is 179 Å². The first kappa shape index (κ1) is 22.7. The fraction of sp³-hybridized carbons (Fsp3) is 0.611. The number of hydrogen-bond donors (Lipinski definition) is 0. The van der Waals surface area contributed by atoms with E-state index in [0.717, 1.165) is 35.7 Å². The molecule has 0 spiro atoms. The van der Waals surface area contributed by atoms with Crippen molar-refractivity contribution in [3.05, 3.63) is 34.3 Å². The van der Waals surface area contributed by atoms with Crippen LogP contribution in [0.4, 0.5) is 0 Å². The highest BCUT2D eigenvalue weighted by molar-refractivity contribution is 9.39. The lowest BCUT2D eigenvalue weighted by molar-refractivity contribution is -0.145. The Bertz CT molecular complexity index is 521. The van der Waals surface area contributed by atoms with E-state index in [1.165, 1.54) is 0 Å². The van der Waals surface area contributed by atoms with E-state index in [2.05, 4.69) is 84.5 Å². The van der Waals surface area contributed by atoms with E-state index in [1.54, 1.807) is 0 Å². The van der Waals surface area contributed by atoms with E-state index in [0.29, 0.717) is 5.41 Å². The number of benzene rings is 1. The van der Waals surface area contributed by atoms with Crippen molar-refractivity contribution in [3.63, 3.8) is 0 Å². The lowest BCUT2D eigenvalue weighted by Gasteiger charge is -2.24. The molecule has 1 atom stereocenters. The van der Waals surface area contributed by atoms with Crippen LogP contribution in [0.3, 0.4) is 0 Å². The van der Waals surface area contributed by atoms with Crippen LogP contribution in [0.25, 0.3) is 0 Å². The minimum Gasteiger partial charge on any atom is -0.462 e. The number of carbonyl (C=O) groups is 1. The second-order valence-electron chi connectivity index (χ2n) is 6.74. The number of halogens is 4. The SMILES string of the molecule is CCC(C)(C)CCC[C@H](C(=O)OCC(Br)(Br)Br)c1ccc(Br)cc1. The molecule has 0 radical (unpaired) electrons. The Morgan fingerprint density at radius 3 is 2.25 bits per heavy atom. The van der Waals surface area contributed by atoms with Crippen LogP contribution >= 0.6 is 63.7 Å². The molecule has 0 N–H and O–H groups in total. The highest BCUT2D eigenvalue weighted by atomic mass is 80.0. The van der Waals surface area contributed by atoms with E-state index in [-0.39, 0.29) is 18.5 Å². The summed E-state index contributed by atoms with van der Waals surface area (Å²) >= 11 is 13.5. The first-order valence-corrected chi connectivity index (χ1v) is 11.2. The third-order valence-corrected chi connectivity index (χ3v) is 5.45. The summed E-state index contributed by atoms with van der Waals surface area (Å²) < 4.78 is 5.90. The van der Waals surface area contributed by atoms with E-state index in [4.69, 9.17) is 4.74 Å². The van der Waals surface area contributed by atoms with Gasteiger partial charge in [0.25, 0.3) is 0 Å². The number of hydrogen-bond acceptors (Lipinski definition) is 2. The van der Waals surface area contributed by atoms with E-state index >= 15 is 0 Å². The van der Waals surface area contributed by atoms with Gasteiger partial charge in [0.2, 0.25) is 0 Å². The second kappa shape index (κ2) is 10.1. The third kappa shape index (κ3) is 8.81. The van der Waals surface area contributed by atoms with Gasteiger partial charge in [-0.3, -0.25) is 4.79 Å². The van der Waals surface area contributed by atoms with Crippen LogP contribution in [0.2, 0.25) is 0 Å². The Hall–Kier alpha value is 0.610. The van der Waals surface area contributed by atoms with Crippen molar-refractivity contribution in [2.24, 2.45) is 5.41 Å². The summed E-state index contributed by atoms with van der Waals surface area (Å²) in [4.78, 5) is 12.6. The minimum atomic E-state index is -0.572. The number of ether oxygens (including phenoxy) is 1. The third-order valence-electron chi connectivity index (χ3n) is 4.24. The number of esters is 1. The smallest absolute Gasteiger partial charge is 0.313 e. The van der Waals surface area contributed by atoms with Gasteiger partial charge in [0.15, 0.2) is 2.14 Å². The van der Waals surface area contributed by atoms with E-state index in [9.17, 15) is 4.79 Å². The molecule has 0 unspecified atom stereocenters. The number of alkyl halides is 3. The van der Waals surface area contributed by atoms with E-state index in [1.807, 2.05) is 24.3 Å². The van der Waals surface area contributed by atoms with Crippen molar-refractivity contribution in [1.82, 2.24) is 0 Å². The van der Waals surface area contributed by atoms with Gasteiger partial charge in [-0.05, 0) is 36.0 Å². The molecule has 2 nitrogen and oxygen atoms in total. The normalized spacial score (nSPS) is 13.6. The lowest BCUT2D eigenvalue weighted by atomic mass is 9.82. The van der Waals surface area contributed by atoms with Crippen LogP contribution in [0.15, 0.2) is 28.7 Å². The molecule has 24 heavy (non-hydrogen) atoms. The molecule has 0 aromatic heterocycles. The maximum absolute atomic E-state index is 12.6. The molecule has 1 rings (SSSR count). The molecule has 0 fully saturated rings. The minimum absolute atomic E-state index is 0.186. The second-order valence-corrected chi connectivity index (χ2v) is 14.9. The van der Waals surface area contributed by atoms with Crippen LogP contribution in [-0.4, -0.2) is 14.7 Å². The molecule has 0 aliphatic carbocycles. The van der Waals surface area contributed by atoms with Gasteiger partial charge in [-0.1, -0.05) is 109 Å². The Morgan fingerprint density at radius 1 is 1.17 bits per heavy atom. The Kier molecular flexibility index (Phi) is 9.51. The number of carbonyl (C=O) groups excluding carboxylic acids is 1. The van der Waals surface area contributed by atoms with Crippen molar-refractivity contribution in [3.8, 4) is 0 Å². The Balaban J connectivity index is 2.79.